The molecule has 0 aliphatic carbocycles. The Morgan fingerprint density at radius 2 is 2.00 bits per heavy atom. The van der Waals surface area contributed by atoms with E-state index in [1.807, 2.05) is 36.1 Å². The summed E-state index contributed by atoms with van der Waals surface area (Å²) < 4.78 is 1.66. The first-order chi connectivity index (χ1) is 13.7. The van der Waals surface area contributed by atoms with Crippen LogP contribution in [0.5, 0.6) is 0 Å². The summed E-state index contributed by atoms with van der Waals surface area (Å²) in [5, 5.41) is 7.45. The third-order valence-electron chi connectivity index (χ3n) is 5.32. The number of aromatic nitrogens is 3. The zero-order chi connectivity index (χ0) is 21.2. The summed E-state index contributed by atoms with van der Waals surface area (Å²) in [6, 6.07) is 7.09. The molecule has 0 saturated carbocycles. The van der Waals surface area contributed by atoms with Gasteiger partial charge >= 0.3 is 6.03 Å². The van der Waals surface area contributed by atoms with Crippen LogP contribution in [-0.4, -0.2) is 61.7 Å². The number of nitrogens with one attached hydrogen (secondary N) is 2. The van der Waals surface area contributed by atoms with E-state index in [1.54, 1.807) is 31.9 Å². The van der Waals surface area contributed by atoms with Crippen molar-refractivity contribution in [2.75, 3.05) is 13.6 Å². The molecule has 154 valence electrons. The lowest BCUT2D eigenvalue weighted by atomic mass is 10.00. The highest BCUT2D eigenvalue weighted by Gasteiger charge is 2.47. The lowest BCUT2D eigenvalue weighted by molar-refractivity contribution is -0.139. The van der Waals surface area contributed by atoms with Gasteiger partial charge in [0.25, 0.3) is 11.8 Å². The van der Waals surface area contributed by atoms with E-state index in [-0.39, 0.29) is 12.6 Å². The molecule has 10 nitrogen and oxygen atoms in total. The van der Waals surface area contributed by atoms with Crippen LogP contribution in [0.2, 0.25) is 0 Å². The molecule has 0 radical (unpaired) electrons. The zero-order valence-electron chi connectivity index (χ0n) is 16.9. The third kappa shape index (κ3) is 4.11. The number of urea groups is 1. The maximum atomic E-state index is 12.4. The number of amides is 4. The van der Waals surface area contributed by atoms with Crippen LogP contribution in [0, 0.1) is 0 Å². The lowest BCUT2D eigenvalue weighted by Gasteiger charge is -2.25. The number of imide groups is 1. The summed E-state index contributed by atoms with van der Waals surface area (Å²) in [6.45, 7) is 5.43. The molecule has 4 amide bonds. The lowest BCUT2D eigenvalue weighted by Crippen LogP contribution is -2.51. The monoisotopic (exact) mass is 399 g/mol. The highest BCUT2D eigenvalue weighted by molar-refractivity contribution is 6.07. The molecule has 2 N–H and O–H groups in total. The van der Waals surface area contributed by atoms with Gasteiger partial charge in [0, 0.05) is 6.04 Å². The summed E-state index contributed by atoms with van der Waals surface area (Å²) in [5.41, 5.74) is 3.31. The van der Waals surface area contributed by atoms with Crippen LogP contribution in [0.3, 0.4) is 0 Å². The van der Waals surface area contributed by atoms with Gasteiger partial charge in [-0.1, -0.05) is 19.1 Å². The minimum atomic E-state index is -0.991. The Bertz CT molecular complexity index is 897. The number of nitrogens with zero attached hydrogens (tertiary/aromatic N) is 5. The molecule has 1 saturated heterocycles. The molecule has 2 atom stereocenters. The quantitative estimate of drug-likeness (QED) is 0.672. The molecule has 29 heavy (non-hydrogen) atoms. The Labute approximate surface area is 168 Å². The van der Waals surface area contributed by atoms with E-state index in [9.17, 15) is 14.4 Å². The molecule has 0 unspecified atom stereocenters. The summed E-state index contributed by atoms with van der Waals surface area (Å²) >= 11 is 0. The Morgan fingerprint density at radius 1 is 1.31 bits per heavy atom. The Morgan fingerprint density at radius 3 is 2.55 bits per heavy atom. The molecular weight excluding hydrogens is 374 g/mol. The van der Waals surface area contributed by atoms with Gasteiger partial charge in [-0.3, -0.25) is 19.9 Å². The molecule has 0 bridgehead atoms. The zero-order valence-corrected chi connectivity index (χ0v) is 16.9. The fraction of sp³-hybridized carbons (Fsp3) is 0.421. The van der Waals surface area contributed by atoms with Crippen LogP contribution in [0.25, 0.3) is 5.69 Å². The molecule has 1 aromatic heterocycles. The van der Waals surface area contributed by atoms with Crippen LogP contribution in [0.1, 0.15) is 38.8 Å². The van der Waals surface area contributed by atoms with Crippen molar-refractivity contribution >= 4 is 17.8 Å². The number of carbonyl (C=O) groups excluding carboxylic acids is 3. The van der Waals surface area contributed by atoms with Crippen molar-refractivity contribution in [3.05, 3.63) is 42.5 Å². The minimum Gasteiger partial charge on any atom is -0.322 e. The standard InChI is InChI=1S/C19H25N7O3/c1-5-19(3)17(28)26(18(29)22-19)23-16(27)10-24(4)13(2)14-6-8-15(9-7-14)25-12-20-11-21-25/h6-9,11-13H,5,10H2,1-4H3,(H,22,29)(H,23,27)/t13-,19-/m1/s1. The molecule has 10 heteroatoms. The highest BCUT2D eigenvalue weighted by atomic mass is 16.2. The van der Waals surface area contributed by atoms with Gasteiger partial charge in [-0.25, -0.2) is 14.5 Å². The van der Waals surface area contributed by atoms with Crippen molar-refractivity contribution in [3.8, 4) is 5.69 Å². The number of rotatable bonds is 7. The summed E-state index contributed by atoms with van der Waals surface area (Å²) in [7, 11) is 1.80. The third-order valence-corrected chi connectivity index (χ3v) is 5.32. The van der Waals surface area contributed by atoms with Crippen molar-refractivity contribution in [2.24, 2.45) is 0 Å². The van der Waals surface area contributed by atoms with Crippen molar-refractivity contribution in [2.45, 2.75) is 38.8 Å². The molecule has 1 aromatic carbocycles. The predicted molar refractivity (Wildman–Crippen MR) is 105 cm³/mol. The maximum absolute atomic E-state index is 12.4. The van der Waals surface area contributed by atoms with Crippen LogP contribution in [-0.2, 0) is 9.59 Å². The van der Waals surface area contributed by atoms with E-state index >= 15 is 0 Å². The van der Waals surface area contributed by atoms with Gasteiger partial charge in [0.15, 0.2) is 0 Å². The summed E-state index contributed by atoms with van der Waals surface area (Å²) in [6.07, 6.45) is 3.52. The summed E-state index contributed by atoms with van der Waals surface area (Å²) in [5.74, 6) is -0.903. The highest BCUT2D eigenvalue weighted by Crippen LogP contribution is 2.21. The molecule has 2 heterocycles. The molecule has 2 aromatic rings. The van der Waals surface area contributed by atoms with E-state index < -0.39 is 23.4 Å². The second-order valence-corrected chi connectivity index (χ2v) is 7.31. The molecular formula is C19H25N7O3. The van der Waals surface area contributed by atoms with Crippen molar-refractivity contribution in [1.29, 1.82) is 0 Å². The molecule has 1 fully saturated rings. The Kier molecular flexibility index (Phi) is 5.64. The number of benzene rings is 1. The maximum Gasteiger partial charge on any atom is 0.344 e. The van der Waals surface area contributed by atoms with Crippen molar-refractivity contribution in [1.82, 2.24) is 35.4 Å². The average Bonchev–Trinajstić information content (AvgIpc) is 3.31. The predicted octanol–water partition coefficient (Wildman–Crippen LogP) is 1.01. The van der Waals surface area contributed by atoms with E-state index in [4.69, 9.17) is 0 Å². The van der Waals surface area contributed by atoms with E-state index in [1.165, 1.54) is 6.33 Å². The first kappa shape index (κ1) is 20.5. The Balaban J connectivity index is 1.59. The smallest absolute Gasteiger partial charge is 0.322 e. The van der Waals surface area contributed by atoms with Crippen LogP contribution < -0.4 is 10.7 Å². The number of hydrazine groups is 1. The van der Waals surface area contributed by atoms with Gasteiger partial charge < -0.3 is 5.32 Å². The van der Waals surface area contributed by atoms with Crippen LogP contribution in [0.15, 0.2) is 36.9 Å². The van der Waals surface area contributed by atoms with Gasteiger partial charge in [0.2, 0.25) is 0 Å². The second-order valence-electron chi connectivity index (χ2n) is 7.31. The van der Waals surface area contributed by atoms with Crippen LogP contribution >= 0.6 is 0 Å². The second kappa shape index (κ2) is 8.00. The van der Waals surface area contributed by atoms with E-state index in [0.717, 1.165) is 16.3 Å². The van der Waals surface area contributed by atoms with Gasteiger partial charge in [0.05, 0.1) is 12.2 Å². The topological polar surface area (TPSA) is 112 Å². The number of hydrogen-bond acceptors (Lipinski definition) is 6. The van der Waals surface area contributed by atoms with E-state index in [0.29, 0.717) is 6.42 Å². The van der Waals surface area contributed by atoms with Crippen molar-refractivity contribution in [3.63, 3.8) is 0 Å². The molecule has 3 rings (SSSR count). The first-order valence-corrected chi connectivity index (χ1v) is 9.36. The van der Waals surface area contributed by atoms with Crippen LogP contribution in [0.4, 0.5) is 4.79 Å². The van der Waals surface area contributed by atoms with Gasteiger partial charge in [-0.05, 0) is 45.0 Å². The molecule has 1 aliphatic heterocycles. The summed E-state index contributed by atoms with van der Waals surface area (Å²) in [4.78, 5) is 42.6. The molecule has 1 aliphatic rings. The van der Waals surface area contributed by atoms with Gasteiger partial charge in [-0.2, -0.15) is 10.1 Å². The first-order valence-electron chi connectivity index (χ1n) is 9.36. The minimum absolute atomic E-state index is 0.0197. The average molecular weight is 399 g/mol. The van der Waals surface area contributed by atoms with E-state index in [2.05, 4.69) is 20.8 Å². The SMILES string of the molecule is CC[C@@]1(C)NC(=O)N(NC(=O)CN(C)[C@H](C)c2ccc(-n3cncn3)cc2)C1=O. The Hall–Kier alpha value is -3.27. The number of hydrogen-bond donors (Lipinski definition) is 2. The largest absolute Gasteiger partial charge is 0.344 e. The normalized spacial score (nSPS) is 20.1. The fourth-order valence-electron chi connectivity index (χ4n) is 3.05. The number of carbonyl (C=O) groups is 3. The fourth-order valence-corrected chi connectivity index (χ4v) is 3.05. The number of likely N-dealkylation sites (N-methyl/N-ethyl adjacent to an activating group) is 1. The van der Waals surface area contributed by atoms with Gasteiger partial charge in [0.1, 0.15) is 18.2 Å². The van der Waals surface area contributed by atoms with Crippen molar-refractivity contribution < 1.29 is 14.4 Å². The molecule has 0 spiro atoms. The van der Waals surface area contributed by atoms with Gasteiger partial charge in [-0.15, -0.1) is 0 Å².